The van der Waals surface area contributed by atoms with Crippen LogP contribution < -0.4 is 14.8 Å². The lowest BCUT2D eigenvalue weighted by atomic mass is 10.2. The molecule has 0 amide bonds. The Kier molecular flexibility index (Phi) is 7.37. The average Bonchev–Trinajstić information content (AvgIpc) is 3.09. The van der Waals surface area contributed by atoms with Crippen LogP contribution in [-0.4, -0.2) is 28.2 Å². The molecule has 8 heteroatoms. The molecule has 26 heavy (non-hydrogen) atoms. The molecule has 2 aromatic heterocycles. The van der Waals surface area contributed by atoms with Crippen molar-refractivity contribution >= 4 is 12.4 Å². The maximum atomic E-state index is 5.66. The van der Waals surface area contributed by atoms with Crippen LogP contribution in [0.5, 0.6) is 17.4 Å². The van der Waals surface area contributed by atoms with Crippen molar-refractivity contribution in [1.82, 2.24) is 20.4 Å². The Bertz CT molecular complexity index is 781. The molecule has 138 valence electrons. The fourth-order valence-electron chi connectivity index (χ4n) is 2.08. The van der Waals surface area contributed by atoms with E-state index in [0.717, 1.165) is 0 Å². The molecule has 0 radical (unpaired) electrons. The first-order valence-corrected chi connectivity index (χ1v) is 8.03. The smallest absolute Gasteiger partial charge is 0.264 e. The summed E-state index contributed by atoms with van der Waals surface area (Å²) in [5, 5.41) is 7.08. The van der Waals surface area contributed by atoms with Crippen LogP contribution >= 0.6 is 12.4 Å². The molecule has 1 N–H and O–H groups in total. The van der Waals surface area contributed by atoms with E-state index in [-0.39, 0.29) is 25.1 Å². The highest BCUT2D eigenvalue weighted by molar-refractivity contribution is 5.85. The van der Waals surface area contributed by atoms with E-state index in [1.54, 1.807) is 12.3 Å². The summed E-state index contributed by atoms with van der Waals surface area (Å²) in [4.78, 5) is 8.43. The van der Waals surface area contributed by atoms with Gasteiger partial charge >= 0.3 is 0 Å². The van der Waals surface area contributed by atoms with E-state index < -0.39 is 0 Å². The summed E-state index contributed by atoms with van der Waals surface area (Å²) in [6.07, 6.45) is 2.39. The molecule has 0 saturated carbocycles. The number of nitrogens with zero attached hydrogens (tertiary/aromatic N) is 3. The van der Waals surface area contributed by atoms with Gasteiger partial charge in [0.15, 0.2) is 12.4 Å². The minimum absolute atomic E-state index is 0. The highest BCUT2D eigenvalue weighted by Gasteiger charge is 2.10. The molecule has 1 unspecified atom stereocenters. The molecule has 7 nitrogen and oxygen atoms in total. The Morgan fingerprint density at radius 3 is 2.58 bits per heavy atom. The number of rotatable bonds is 8. The third-order valence-corrected chi connectivity index (χ3v) is 3.54. The maximum Gasteiger partial charge on any atom is 0.264 e. The number of halogens is 1. The normalized spacial score (nSPS) is 11.5. The van der Waals surface area contributed by atoms with Crippen LogP contribution in [0.2, 0.25) is 0 Å². The summed E-state index contributed by atoms with van der Waals surface area (Å²) in [5.41, 5.74) is 0. The number of nitrogens with one attached hydrogen (secondary N) is 1. The molecule has 0 aliphatic heterocycles. The first-order chi connectivity index (χ1) is 12.2. The molecule has 2 heterocycles. The quantitative estimate of drug-likeness (QED) is 0.645. The van der Waals surface area contributed by atoms with Crippen molar-refractivity contribution in [1.29, 1.82) is 0 Å². The number of ether oxygens (including phenoxy) is 2. The van der Waals surface area contributed by atoms with Gasteiger partial charge in [0, 0.05) is 24.7 Å². The van der Waals surface area contributed by atoms with Crippen LogP contribution in [0.25, 0.3) is 0 Å². The summed E-state index contributed by atoms with van der Waals surface area (Å²) in [6, 6.07) is 13.1. The molecule has 1 aromatic carbocycles. The second-order valence-electron chi connectivity index (χ2n) is 5.53. The first kappa shape index (κ1) is 19.7. The van der Waals surface area contributed by atoms with Gasteiger partial charge in [-0.3, -0.25) is 0 Å². The molecule has 0 saturated heterocycles. The fraction of sp³-hybridized carbons (Fsp3) is 0.278. The van der Waals surface area contributed by atoms with Gasteiger partial charge in [-0.05, 0) is 44.3 Å². The Labute approximate surface area is 158 Å². The minimum atomic E-state index is 0. The van der Waals surface area contributed by atoms with Crippen LogP contribution in [0.3, 0.4) is 0 Å². The Balaban J connectivity index is 0.00000243. The van der Waals surface area contributed by atoms with Crippen LogP contribution in [0.1, 0.15) is 18.6 Å². The molecular formula is C18H21ClN4O3. The van der Waals surface area contributed by atoms with Gasteiger partial charge in [-0.15, -0.1) is 12.4 Å². The summed E-state index contributed by atoms with van der Waals surface area (Å²) in [6.45, 7) is 2.28. The van der Waals surface area contributed by atoms with Crippen LogP contribution in [0.15, 0.2) is 53.2 Å². The summed E-state index contributed by atoms with van der Waals surface area (Å²) < 4.78 is 16.5. The second kappa shape index (κ2) is 9.74. The van der Waals surface area contributed by atoms with Crippen molar-refractivity contribution in [2.45, 2.75) is 26.0 Å². The predicted molar refractivity (Wildman–Crippen MR) is 98.9 cm³/mol. The van der Waals surface area contributed by atoms with E-state index in [2.05, 4.69) is 27.4 Å². The van der Waals surface area contributed by atoms with Gasteiger partial charge in [-0.25, -0.2) is 4.98 Å². The van der Waals surface area contributed by atoms with Gasteiger partial charge in [-0.1, -0.05) is 11.2 Å². The SMILES string of the molecule is CNC(C)Cc1noc(COc2ccc(Oc3ccccn3)cc2)n1.Cl. The van der Waals surface area contributed by atoms with Crippen LogP contribution in [0, 0.1) is 0 Å². The molecule has 3 aromatic rings. The van der Waals surface area contributed by atoms with Crippen molar-refractivity contribution in [2.75, 3.05) is 7.05 Å². The number of aromatic nitrogens is 3. The molecule has 0 bridgehead atoms. The number of pyridine rings is 1. The van der Waals surface area contributed by atoms with Crippen LogP contribution in [0.4, 0.5) is 0 Å². The molecule has 3 rings (SSSR count). The fourth-order valence-corrected chi connectivity index (χ4v) is 2.08. The highest BCUT2D eigenvalue weighted by atomic mass is 35.5. The second-order valence-corrected chi connectivity index (χ2v) is 5.53. The maximum absolute atomic E-state index is 5.66. The van der Waals surface area contributed by atoms with Gasteiger partial charge in [0.2, 0.25) is 5.88 Å². The Morgan fingerprint density at radius 1 is 1.12 bits per heavy atom. The van der Waals surface area contributed by atoms with Crippen molar-refractivity contribution in [3.05, 3.63) is 60.4 Å². The van der Waals surface area contributed by atoms with Crippen molar-refractivity contribution < 1.29 is 14.0 Å². The van der Waals surface area contributed by atoms with E-state index in [1.807, 2.05) is 43.4 Å². The van der Waals surface area contributed by atoms with Crippen molar-refractivity contribution in [3.63, 3.8) is 0 Å². The zero-order valence-electron chi connectivity index (χ0n) is 14.6. The topological polar surface area (TPSA) is 82.3 Å². The third kappa shape index (κ3) is 5.72. The van der Waals surface area contributed by atoms with E-state index in [1.165, 1.54) is 0 Å². The van der Waals surface area contributed by atoms with Gasteiger partial charge in [-0.2, -0.15) is 4.98 Å². The van der Waals surface area contributed by atoms with Crippen molar-refractivity contribution in [3.8, 4) is 17.4 Å². The Morgan fingerprint density at radius 2 is 1.88 bits per heavy atom. The zero-order chi connectivity index (χ0) is 17.5. The molecule has 0 fully saturated rings. The molecule has 0 aliphatic carbocycles. The highest BCUT2D eigenvalue weighted by Crippen LogP contribution is 2.22. The number of benzene rings is 1. The summed E-state index contributed by atoms with van der Waals surface area (Å²) >= 11 is 0. The molecule has 0 spiro atoms. The summed E-state index contributed by atoms with van der Waals surface area (Å²) in [5.74, 6) is 3.04. The van der Waals surface area contributed by atoms with E-state index in [4.69, 9.17) is 14.0 Å². The summed E-state index contributed by atoms with van der Waals surface area (Å²) in [7, 11) is 1.90. The van der Waals surface area contributed by atoms with Gasteiger partial charge in [0.05, 0.1) is 0 Å². The lowest BCUT2D eigenvalue weighted by molar-refractivity contribution is 0.242. The van der Waals surface area contributed by atoms with Gasteiger partial charge < -0.3 is 19.3 Å². The average molecular weight is 377 g/mol. The Hall–Kier alpha value is -2.64. The number of likely N-dealkylation sites (N-methyl/N-ethyl adjacent to an activating group) is 1. The largest absolute Gasteiger partial charge is 0.484 e. The number of hydrogen-bond donors (Lipinski definition) is 1. The molecule has 1 atom stereocenters. The van der Waals surface area contributed by atoms with E-state index in [0.29, 0.717) is 35.5 Å². The predicted octanol–water partition coefficient (Wildman–Crippen LogP) is 3.41. The molecular weight excluding hydrogens is 356 g/mol. The van der Waals surface area contributed by atoms with Gasteiger partial charge in [0.25, 0.3) is 5.89 Å². The number of hydrogen-bond acceptors (Lipinski definition) is 7. The van der Waals surface area contributed by atoms with Crippen molar-refractivity contribution in [2.24, 2.45) is 0 Å². The standard InChI is InChI=1S/C18H20N4O3.ClH/c1-13(19-2)11-16-21-18(25-22-16)12-23-14-6-8-15(9-7-14)24-17-5-3-4-10-20-17;/h3-10,13,19H,11-12H2,1-2H3;1H. The molecule has 0 aliphatic rings. The lowest BCUT2D eigenvalue weighted by Crippen LogP contribution is -2.24. The van der Waals surface area contributed by atoms with E-state index in [9.17, 15) is 0 Å². The van der Waals surface area contributed by atoms with E-state index >= 15 is 0 Å². The lowest BCUT2D eigenvalue weighted by Gasteiger charge is -2.06. The third-order valence-electron chi connectivity index (χ3n) is 3.54. The minimum Gasteiger partial charge on any atom is -0.484 e. The monoisotopic (exact) mass is 376 g/mol. The van der Waals surface area contributed by atoms with Crippen LogP contribution in [-0.2, 0) is 13.0 Å². The first-order valence-electron chi connectivity index (χ1n) is 8.03. The van der Waals surface area contributed by atoms with Gasteiger partial charge in [0.1, 0.15) is 11.5 Å². The zero-order valence-corrected chi connectivity index (χ0v) is 15.4.